The molecule has 0 aliphatic heterocycles. The first-order valence-electron chi connectivity index (χ1n) is 24.8. The predicted octanol–water partition coefficient (Wildman–Crippen LogP) is 19.4. The van der Waals surface area contributed by atoms with Gasteiger partial charge in [0.05, 0.1) is 0 Å². The topological polar surface area (TPSA) is 6.48 Å². The second-order valence-electron chi connectivity index (χ2n) is 19.9. The first-order valence-corrected chi connectivity index (χ1v) is 24.8. The molecule has 2 heteroatoms. The Morgan fingerprint density at radius 2 is 0.789 bits per heavy atom. The van der Waals surface area contributed by atoms with Gasteiger partial charge in [-0.25, -0.2) is 0 Å². The Bertz CT molecular complexity index is 3830. The van der Waals surface area contributed by atoms with Crippen molar-refractivity contribution >= 4 is 66.4 Å². The van der Waals surface area contributed by atoms with E-state index in [2.05, 4.69) is 280 Å². The maximum Gasteiger partial charge on any atom is 0.0473 e. The summed E-state index contributed by atoms with van der Waals surface area (Å²) in [4.78, 5) is 4.78. The summed E-state index contributed by atoms with van der Waals surface area (Å²) in [7, 11) is 0. The van der Waals surface area contributed by atoms with Gasteiger partial charge < -0.3 is 9.80 Å². The third-order valence-corrected chi connectivity index (χ3v) is 15.0. The van der Waals surface area contributed by atoms with Crippen LogP contribution in [0.5, 0.6) is 0 Å². The molecule has 0 aromatic heterocycles. The number of para-hydroxylation sites is 3. The largest absolute Gasteiger partial charge is 0.311 e. The Labute approximate surface area is 416 Å². The second-order valence-corrected chi connectivity index (χ2v) is 19.9. The summed E-state index contributed by atoms with van der Waals surface area (Å²) in [6, 6.07) is 89.8. The fourth-order valence-electron chi connectivity index (χ4n) is 11.6. The number of aryl methyl sites for hydroxylation is 2. The average Bonchev–Trinajstić information content (AvgIpc) is 3.65. The smallest absolute Gasteiger partial charge is 0.0473 e. The zero-order valence-corrected chi connectivity index (χ0v) is 40.5. The van der Waals surface area contributed by atoms with Crippen molar-refractivity contribution in [3.05, 3.63) is 265 Å². The summed E-state index contributed by atoms with van der Waals surface area (Å²) in [6.45, 7) is 9.19. The predicted molar refractivity (Wildman–Crippen MR) is 303 cm³/mol. The fraction of sp³-hybridized carbons (Fsp3) is 0.0725. The fourth-order valence-corrected chi connectivity index (χ4v) is 11.6. The van der Waals surface area contributed by atoms with Gasteiger partial charge in [0.1, 0.15) is 0 Å². The quantitative estimate of drug-likeness (QED) is 0.133. The van der Waals surface area contributed by atoms with Gasteiger partial charge in [0, 0.05) is 39.5 Å². The van der Waals surface area contributed by atoms with Gasteiger partial charge >= 0.3 is 0 Å². The van der Waals surface area contributed by atoms with E-state index in [1.54, 1.807) is 0 Å². The van der Waals surface area contributed by atoms with Crippen LogP contribution in [0.4, 0.5) is 34.1 Å². The van der Waals surface area contributed by atoms with E-state index in [0.29, 0.717) is 0 Å². The minimum Gasteiger partial charge on any atom is -0.311 e. The molecule has 2 nitrogen and oxygen atoms in total. The van der Waals surface area contributed by atoms with Crippen LogP contribution in [0.15, 0.2) is 243 Å². The van der Waals surface area contributed by atoms with Crippen molar-refractivity contribution in [3.63, 3.8) is 0 Å². The van der Waals surface area contributed by atoms with E-state index in [0.717, 1.165) is 34.1 Å². The summed E-state index contributed by atoms with van der Waals surface area (Å²) in [5.41, 5.74) is 21.6. The number of fused-ring (bicyclic) bond motifs is 5. The van der Waals surface area contributed by atoms with E-state index in [4.69, 9.17) is 0 Å². The third-order valence-electron chi connectivity index (χ3n) is 15.0. The van der Waals surface area contributed by atoms with Crippen LogP contribution in [0.25, 0.3) is 76.8 Å². The molecular weight excluding hydrogens is 857 g/mol. The molecule has 0 N–H and O–H groups in total. The van der Waals surface area contributed by atoms with E-state index in [1.165, 1.54) is 99.1 Å². The molecule has 0 radical (unpaired) electrons. The molecule has 0 saturated carbocycles. The van der Waals surface area contributed by atoms with E-state index in [1.807, 2.05) is 0 Å². The molecule has 1 aliphatic rings. The Kier molecular flexibility index (Phi) is 10.0. The lowest BCUT2D eigenvalue weighted by molar-refractivity contribution is 0.666. The molecule has 13 rings (SSSR count). The third kappa shape index (κ3) is 7.09. The highest BCUT2D eigenvalue weighted by Gasteiger charge is 2.40. The van der Waals surface area contributed by atoms with Crippen molar-refractivity contribution in [1.29, 1.82) is 0 Å². The van der Waals surface area contributed by atoms with Crippen LogP contribution in [0.3, 0.4) is 0 Å². The van der Waals surface area contributed by atoms with Crippen LogP contribution in [0, 0.1) is 13.8 Å². The highest BCUT2D eigenvalue weighted by molar-refractivity contribution is 6.31. The normalized spacial score (nSPS) is 12.6. The molecule has 338 valence electrons. The van der Waals surface area contributed by atoms with Crippen LogP contribution in [-0.2, 0) is 5.41 Å². The molecule has 0 amide bonds. The molecule has 1 aliphatic carbocycles. The van der Waals surface area contributed by atoms with Crippen molar-refractivity contribution in [2.45, 2.75) is 33.1 Å². The lowest BCUT2D eigenvalue weighted by Gasteiger charge is -2.29. The molecule has 0 fully saturated rings. The Morgan fingerprint density at radius 1 is 0.310 bits per heavy atom. The first kappa shape index (κ1) is 42.4. The van der Waals surface area contributed by atoms with Crippen LogP contribution >= 0.6 is 0 Å². The van der Waals surface area contributed by atoms with Gasteiger partial charge in [-0.05, 0) is 187 Å². The van der Waals surface area contributed by atoms with Gasteiger partial charge in [-0.1, -0.05) is 183 Å². The minimum atomic E-state index is -0.302. The Balaban J connectivity index is 0.962. The maximum atomic E-state index is 2.48. The van der Waals surface area contributed by atoms with Gasteiger partial charge in [0.2, 0.25) is 0 Å². The van der Waals surface area contributed by atoms with Gasteiger partial charge in [-0.3, -0.25) is 0 Å². The lowest BCUT2D eigenvalue weighted by atomic mass is 9.77. The monoisotopic (exact) mass is 908 g/mol. The van der Waals surface area contributed by atoms with E-state index < -0.39 is 0 Å². The van der Waals surface area contributed by atoms with E-state index in [9.17, 15) is 0 Å². The number of hydrogen-bond acceptors (Lipinski definition) is 2. The molecule has 0 unspecified atom stereocenters. The van der Waals surface area contributed by atoms with Gasteiger partial charge in [0.15, 0.2) is 0 Å². The molecule has 0 saturated heterocycles. The summed E-state index contributed by atoms with van der Waals surface area (Å²) in [6.07, 6.45) is 0. The summed E-state index contributed by atoms with van der Waals surface area (Å²) < 4.78 is 0. The number of nitrogens with zero attached hydrogens (tertiary/aromatic N) is 2. The van der Waals surface area contributed by atoms with Gasteiger partial charge in [0.25, 0.3) is 0 Å². The Hall–Kier alpha value is -8.72. The van der Waals surface area contributed by atoms with Crippen molar-refractivity contribution in [2.75, 3.05) is 9.80 Å². The number of hydrogen-bond donors (Lipinski definition) is 0. The molecule has 12 aromatic rings. The standard InChI is InChI=1S/C69H52N2/c1-45-26-30-47(31-27-45)51-40-52(48-32-28-46(2)29-33-48)42-58(41-51)71(55-21-12-7-13-22-55)57-38-39-60-64(44-57)69(3,4)68-62-25-15-23-59-63(43-50-16-14-24-61(67(60)68)65(50)66(59)62)49-34-36-56(37-35-49)70(53-17-8-5-9-18-53)54-19-10-6-11-20-54/h5-44H,1-4H3. The first-order chi connectivity index (χ1) is 34.8. The zero-order valence-electron chi connectivity index (χ0n) is 40.5. The van der Waals surface area contributed by atoms with E-state index in [-0.39, 0.29) is 5.41 Å². The SMILES string of the molecule is Cc1ccc(-c2cc(-c3ccc(C)cc3)cc(N(c3ccccc3)c3ccc4c(c3)C(C)(C)c3c-4c4cccc5cc(-c6ccc(N(c7ccccc7)c7ccccc7)cc6)c6cccc3c6c54)c2)cc1. The molecule has 71 heavy (non-hydrogen) atoms. The van der Waals surface area contributed by atoms with Gasteiger partial charge in [-0.15, -0.1) is 0 Å². The van der Waals surface area contributed by atoms with Crippen LogP contribution in [0.1, 0.15) is 36.1 Å². The van der Waals surface area contributed by atoms with Crippen LogP contribution < -0.4 is 9.80 Å². The zero-order chi connectivity index (χ0) is 47.8. The van der Waals surface area contributed by atoms with Crippen molar-refractivity contribution in [1.82, 2.24) is 0 Å². The highest BCUT2D eigenvalue weighted by Crippen LogP contribution is 2.58. The molecule has 0 spiro atoms. The van der Waals surface area contributed by atoms with Crippen molar-refractivity contribution in [3.8, 4) is 44.5 Å². The highest BCUT2D eigenvalue weighted by atomic mass is 15.1. The summed E-state index contributed by atoms with van der Waals surface area (Å²) in [5.74, 6) is 0. The minimum absolute atomic E-state index is 0.302. The van der Waals surface area contributed by atoms with Crippen LogP contribution in [0.2, 0.25) is 0 Å². The summed E-state index contributed by atoms with van der Waals surface area (Å²) >= 11 is 0. The molecule has 12 aromatic carbocycles. The van der Waals surface area contributed by atoms with Crippen LogP contribution in [-0.4, -0.2) is 0 Å². The number of benzene rings is 12. The van der Waals surface area contributed by atoms with E-state index >= 15 is 0 Å². The molecule has 0 atom stereocenters. The lowest BCUT2D eigenvalue weighted by Crippen LogP contribution is -2.17. The van der Waals surface area contributed by atoms with Crippen molar-refractivity contribution in [2.24, 2.45) is 0 Å². The molecular formula is C69H52N2. The maximum absolute atomic E-state index is 2.48. The average molecular weight is 909 g/mol. The summed E-state index contributed by atoms with van der Waals surface area (Å²) in [5, 5.41) is 7.88. The molecule has 0 bridgehead atoms. The molecule has 0 heterocycles. The number of rotatable bonds is 9. The second kappa shape index (κ2) is 16.8. The van der Waals surface area contributed by atoms with Crippen molar-refractivity contribution < 1.29 is 0 Å². The van der Waals surface area contributed by atoms with Gasteiger partial charge in [-0.2, -0.15) is 0 Å². The number of anilines is 6. The Morgan fingerprint density at radius 3 is 1.37 bits per heavy atom.